The number of nitrogens with one attached hydrogen (secondary N) is 2. The number of aryl methyl sites for hydroxylation is 2. The number of hydrogen-bond acceptors (Lipinski definition) is 3. The third kappa shape index (κ3) is 4.98. The monoisotopic (exact) mass is 424 g/mol. The molecule has 156 valence electrons. The van der Waals surface area contributed by atoms with E-state index in [0.717, 1.165) is 16.5 Å². The first-order valence-corrected chi connectivity index (χ1v) is 10.8. The van der Waals surface area contributed by atoms with Crippen molar-refractivity contribution >= 4 is 21.6 Å². The summed E-state index contributed by atoms with van der Waals surface area (Å²) in [6.07, 6.45) is 0. The topological polar surface area (TPSA) is 70.9 Å². The van der Waals surface area contributed by atoms with Crippen LogP contribution < -0.4 is 10.2 Å². The van der Waals surface area contributed by atoms with Crippen molar-refractivity contribution < 1.29 is 26.9 Å². The minimum atomic E-state index is -3.59. The molecule has 2 aromatic carbocycles. The molecule has 1 fully saturated rings. The first kappa shape index (κ1) is 21.4. The van der Waals surface area contributed by atoms with Crippen molar-refractivity contribution in [3.05, 3.63) is 59.2 Å². The summed E-state index contributed by atoms with van der Waals surface area (Å²) in [6.45, 7) is 5.21. The molecular formula is C20H24F2N3O3S+. The van der Waals surface area contributed by atoms with E-state index in [2.05, 4.69) is 5.32 Å². The smallest absolute Gasteiger partial charge is 0.279 e. The van der Waals surface area contributed by atoms with E-state index >= 15 is 0 Å². The Morgan fingerprint density at radius 1 is 1.10 bits per heavy atom. The molecule has 9 heteroatoms. The van der Waals surface area contributed by atoms with Crippen LogP contribution in [0, 0.1) is 25.5 Å². The van der Waals surface area contributed by atoms with Gasteiger partial charge in [-0.1, -0.05) is 12.1 Å². The van der Waals surface area contributed by atoms with E-state index in [1.54, 1.807) is 19.1 Å². The van der Waals surface area contributed by atoms with Gasteiger partial charge in [-0.15, -0.1) is 0 Å². The van der Waals surface area contributed by atoms with E-state index < -0.39 is 27.6 Å². The van der Waals surface area contributed by atoms with Gasteiger partial charge < -0.3 is 10.2 Å². The molecular weight excluding hydrogens is 400 g/mol. The molecule has 1 aliphatic heterocycles. The summed E-state index contributed by atoms with van der Waals surface area (Å²) in [7, 11) is -3.59. The van der Waals surface area contributed by atoms with Gasteiger partial charge in [-0.3, -0.25) is 4.79 Å². The third-order valence-electron chi connectivity index (χ3n) is 5.01. The largest absolute Gasteiger partial charge is 0.325 e. The molecule has 0 saturated carbocycles. The number of carbonyl (C=O) groups excluding carboxylic acids is 1. The summed E-state index contributed by atoms with van der Waals surface area (Å²) in [4.78, 5) is 13.4. The molecule has 1 heterocycles. The summed E-state index contributed by atoms with van der Waals surface area (Å²) in [5.41, 5.74) is 1.50. The van der Waals surface area contributed by atoms with Gasteiger partial charge in [-0.2, -0.15) is 4.31 Å². The number of hydrogen-bond donors (Lipinski definition) is 2. The van der Waals surface area contributed by atoms with Crippen molar-refractivity contribution in [3.8, 4) is 0 Å². The van der Waals surface area contributed by atoms with E-state index in [0.29, 0.717) is 42.7 Å². The van der Waals surface area contributed by atoms with Crippen molar-refractivity contribution in [2.24, 2.45) is 0 Å². The van der Waals surface area contributed by atoms with Gasteiger partial charge in [-0.25, -0.2) is 17.2 Å². The quantitative estimate of drug-likeness (QED) is 0.756. The van der Waals surface area contributed by atoms with Crippen LogP contribution in [0.4, 0.5) is 14.5 Å². The molecule has 1 aliphatic rings. The average Bonchev–Trinajstić information content (AvgIpc) is 2.66. The molecule has 0 bridgehead atoms. The van der Waals surface area contributed by atoms with Crippen molar-refractivity contribution in [2.45, 2.75) is 18.7 Å². The van der Waals surface area contributed by atoms with Gasteiger partial charge in [0.25, 0.3) is 5.91 Å². The maximum Gasteiger partial charge on any atom is 0.279 e. The molecule has 1 amide bonds. The zero-order valence-electron chi connectivity index (χ0n) is 16.3. The van der Waals surface area contributed by atoms with Crippen molar-refractivity contribution in [3.63, 3.8) is 0 Å². The zero-order valence-corrected chi connectivity index (χ0v) is 17.2. The van der Waals surface area contributed by atoms with Gasteiger partial charge >= 0.3 is 0 Å². The molecule has 1 saturated heterocycles. The number of rotatable bonds is 5. The molecule has 3 rings (SSSR count). The highest BCUT2D eigenvalue weighted by atomic mass is 32.2. The normalized spacial score (nSPS) is 16.0. The number of sulfonamides is 1. The highest BCUT2D eigenvalue weighted by Gasteiger charge is 2.32. The second-order valence-corrected chi connectivity index (χ2v) is 9.18. The highest BCUT2D eigenvalue weighted by Crippen LogP contribution is 2.21. The Labute approximate surface area is 169 Å². The number of quaternary nitrogens is 1. The second kappa shape index (κ2) is 8.56. The fourth-order valence-corrected chi connectivity index (χ4v) is 5.11. The van der Waals surface area contributed by atoms with Crippen molar-refractivity contribution in [1.82, 2.24) is 4.31 Å². The van der Waals surface area contributed by atoms with Crippen LogP contribution in [0.3, 0.4) is 0 Å². The maximum absolute atomic E-state index is 13.7. The molecule has 0 unspecified atom stereocenters. The Kier molecular flexibility index (Phi) is 6.30. The van der Waals surface area contributed by atoms with Crippen molar-refractivity contribution in [2.75, 3.05) is 38.0 Å². The van der Waals surface area contributed by atoms with Crippen LogP contribution in [-0.2, 0) is 14.8 Å². The predicted octanol–water partition coefficient (Wildman–Crippen LogP) is 1.11. The Bertz CT molecular complexity index is 1020. The molecule has 0 aromatic heterocycles. The molecule has 0 atom stereocenters. The lowest BCUT2D eigenvalue weighted by Gasteiger charge is -2.31. The molecule has 2 N–H and O–H groups in total. The Hall–Kier alpha value is -2.36. The number of benzene rings is 2. The average molecular weight is 424 g/mol. The number of piperazine rings is 1. The zero-order chi connectivity index (χ0) is 21.2. The third-order valence-corrected chi connectivity index (χ3v) is 7.05. The number of nitrogens with zero attached hydrogens (tertiary/aromatic N) is 1. The number of carbonyl (C=O) groups is 1. The van der Waals surface area contributed by atoms with E-state index in [1.807, 2.05) is 13.0 Å². The van der Waals surface area contributed by atoms with Crippen LogP contribution in [-0.4, -0.2) is 51.4 Å². The van der Waals surface area contributed by atoms with Gasteiger partial charge in [0, 0.05) is 6.07 Å². The van der Waals surface area contributed by atoms with E-state index in [1.165, 1.54) is 10.4 Å². The lowest BCUT2D eigenvalue weighted by molar-refractivity contribution is -0.895. The molecule has 0 spiro atoms. The van der Waals surface area contributed by atoms with Crippen LogP contribution in [0.25, 0.3) is 0 Å². The standard InChI is InChI=1S/C20H23F2N3O3S/c1-14-3-4-15(2)19(11-14)29(27,28)25-9-7-24(8-10-25)13-20(26)23-18-6-5-16(21)12-17(18)22/h3-6,11-12H,7-10,13H2,1-2H3,(H,23,26)/p+1. The van der Waals surface area contributed by atoms with Crippen LogP contribution in [0.5, 0.6) is 0 Å². The van der Waals surface area contributed by atoms with Crippen LogP contribution >= 0.6 is 0 Å². The maximum atomic E-state index is 13.7. The Balaban J connectivity index is 1.58. The minimum absolute atomic E-state index is 0.0769. The van der Waals surface area contributed by atoms with E-state index in [4.69, 9.17) is 0 Å². The number of halogens is 2. The van der Waals surface area contributed by atoms with Gasteiger partial charge in [0.2, 0.25) is 10.0 Å². The van der Waals surface area contributed by atoms with E-state index in [9.17, 15) is 22.0 Å². The minimum Gasteiger partial charge on any atom is -0.325 e. The summed E-state index contributed by atoms with van der Waals surface area (Å²) in [5.74, 6) is -1.96. The number of amides is 1. The lowest BCUT2D eigenvalue weighted by atomic mass is 10.2. The molecule has 6 nitrogen and oxygen atoms in total. The summed E-state index contributed by atoms with van der Waals surface area (Å²) in [5, 5.41) is 2.43. The molecule has 0 aliphatic carbocycles. The first-order valence-electron chi connectivity index (χ1n) is 9.32. The fraction of sp³-hybridized carbons (Fsp3) is 0.350. The summed E-state index contributed by atoms with van der Waals surface area (Å²) >= 11 is 0. The summed E-state index contributed by atoms with van der Waals surface area (Å²) < 4.78 is 54.0. The van der Waals surface area contributed by atoms with E-state index in [-0.39, 0.29) is 12.2 Å². The Morgan fingerprint density at radius 3 is 2.45 bits per heavy atom. The van der Waals surface area contributed by atoms with Gasteiger partial charge in [0.05, 0.1) is 36.8 Å². The van der Waals surface area contributed by atoms with Gasteiger partial charge in [-0.05, 0) is 43.2 Å². The highest BCUT2D eigenvalue weighted by molar-refractivity contribution is 7.89. The second-order valence-electron chi connectivity index (χ2n) is 7.27. The first-order chi connectivity index (χ1) is 13.7. The van der Waals surface area contributed by atoms with Crippen molar-refractivity contribution in [1.29, 1.82) is 0 Å². The number of anilines is 1. The van der Waals surface area contributed by atoms with Crippen LogP contribution in [0.2, 0.25) is 0 Å². The fourth-order valence-electron chi connectivity index (χ4n) is 3.36. The Morgan fingerprint density at radius 2 is 1.79 bits per heavy atom. The van der Waals surface area contributed by atoms with Gasteiger partial charge in [0.1, 0.15) is 11.6 Å². The van der Waals surface area contributed by atoms with Gasteiger partial charge in [0.15, 0.2) is 6.54 Å². The molecule has 0 radical (unpaired) electrons. The molecule has 29 heavy (non-hydrogen) atoms. The SMILES string of the molecule is Cc1ccc(C)c(S(=O)(=O)N2CC[NH+](CC(=O)Nc3ccc(F)cc3F)CC2)c1. The molecule has 2 aromatic rings. The van der Waals surface area contributed by atoms with Crippen LogP contribution in [0.1, 0.15) is 11.1 Å². The lowest BCUT2D eigenvalue weighted by Crippen LogP contribution is -3.15. The summed E-state index contributed by atoms with van der Waals surface area (Å²) in [6, 6.07) is 8.30. The van der Waals surface area contributed by atoms with Crippen LogP contribution in [0.15, 0.2) is 41.3 Å². The predicted molar refractivity (Wildman–Crippen MR) is 105 cm³/mol.